The summed E-state index contributed by atoms with van der Waals surface area (Å²) in [4.78, 5) is 0. The average molecular weight is 225 g/mol. The molecular formula is C13H11N3O. The fraction of sp³-hybridized carbons (Fsp3) is 0. The van der Waals surface area contributed by atoms with Crippen LogP contribution in [0.1, 0.15) is 0 Å². The van der Waals surface area contributed by atoms with E-state index in [9.17, 15) is 5.11 Å². The monoisotopic (exact) mass is 225 g/mol. The minimum atomic E-state index is 0.203. The molecule has 0 spiro atoms. The van der Waals surface area contributed by atoms with Gasteiger partial charge in [-0.15, -0.1) is 0 Å². The lowest BCUT2D eigenvalue weighted by molar-refractivity contribution is 0.471. The summed E-state index contributed by atoms with van der Waals surface area (Å²) in [6.45, 7) is 0. The molecule has 3 rings (SSSR count). The highest BCUT2D eigenvalue weighted by atomic mass is 16.3. The van der Waals surface area contributed by atoms with Crippen LogP contribution in [0.15, 0.2) is 48.7 Å². The van der Waals surface area contributed by atoms with Gasteiger partial charge < -0.3 is 10.8 Å². The zero-order chi connectivity index (χ0) is 11.8. The molecule has 3 N–H and O–H groups in total. The molecule has 0 aliphatic rings. The number of phenols is 1. The Balaban J connectivity index is 2.29. The first kappa shape index (κ1) is 9.72. The second-order valence-electron chi connectivity index (χ2n) is 3.86. The number of rotatable bonds is 1. The Hall–Kier alpha value is -2.49. The van der Waals surface area contributed by atoms with Crippen molar-refractivity contribution >= 4 is 16.6 Å². The minimum Gasteiger partial charge on any atom is -0.506 e. The third kappa shape index (κ3) is 1.50. The Kier molecular flexibility index (Phi) is 2.01. The minimum absolute atomic E-state index is 0.203. The fourth-order valence-electron chi connectivity index (χ4n) is 1.89. The molecule has 1 aromatic heterocycles. The van der Waals surface area contributed by atoms with Crippen LogP contribution in [0.5, 0.6) is 5.75 Å². The SMILES string of the molecule is Nc1ccc2c(cnn2-c2ccccc2O)c1. The Labute approximate surface area is 97.9 Å². The molecule has 0 atom stereocenters. The van der Waals surface area contributed by atoms with E-state index in [1.807, 2.05) is 30.3 Å². The molecule has 0 unspecified atom stereocenters. The van der Waals surface area contributed by atoms with Crippen LogP contribution in [-0.4, -0.2) is 14.9 Å². The molecule has 0 aliphatic carbocycles. The molecule has 3 aromatic rings. The van der Waals surface area contributed by atoms with E-state index in [1.54, 1.807) is 23.0 Å². The summed E-state index contributed by atoms with van der Waals surface area (Å²) in [5, 5.41) is 15.0. The number of nitrogen functional groups attached to an aromatic ring is 1. The maximum absolute atomic E-state index is 9.81. The van der Waals surface area contributed by atoms with Gasteiger partial charge >= 0.3 is 0 Å². The van der Waals surface area contributed by atoms with Gasteiger partial charge in [0.15, 0.2) is 0 Å². The van der Waals surface area contributed by atoms with Gasteiger partial charge in [0.2, 0.25) is 0 Å². The van der Waals surface area contributed by atoms with Gasteiger partial charge in [-0.3, -0.25) is 0 Å². The average Bonchev–Trinajstić information content (AvgIpc) is 2.72. The van der Waals surface area contributed by atoms with Crippen LogP contribution in [0.3, 0.4) is 0 Å². The number of nitrogens with two attached hydrogens (primary N) is 1. The smallest absolute Gasteiger partial charge is 0.141 e. The second kappa shape index (κ2) is 3.52. The van der Waals surface area contributed by atoms with Crippen LogP contribution in [0.25, 0.3) is 16.6 Å². The number of hydrogen-bond donors (Lipinski definition) is 2. The van der Waals surface area contributed by atoms with E-state index in [-0.39, 0.29) is 5.75 Å². The highest BCUT2D eigenvalue weighted by Crippen LogP contribution is 2.25. The first-order chi connectivity index (χ1) is 8.25. The molecule has 17 heavy (non-hydrogen) atoms. The van der Waals surface area contributed by atoms with E-state index in [1.165, 1.54) is 0 Å². The van der Waals surface area contributed by atoms with E-state index in [4.69, 9.17) is 5.73 Å². The maximum Gasteiger partial charge on any atom is 0.141 e. The van der Waals surface area contributed by atoms with Gasteiger partial charge in [-0.05, 0) is 30.3 Å². The van der Waals surface area contributed by atoms with Gasteiger partial charge in [0.1, 0.15) is 11.4 Å². The number of fused-ring (bicyclic) bond motifs is 1. The molecule has 4 heteroatoms. The van der Waals surface area contributed by atoms with Gasteiger partial charge in [-0.2, -0.15) is 5.10 Å². The van der Waals surface area contributed by atoms with Gasteiger partial charge in [0.05, 0.1) is 11.7 Å². The number of aromatic hydroxyl groups is 1. The summed E-state index contributed by atoms with van der Waals surface area (Å²) in [6, 6.07) is 12.7. The molecule has 0 radical (unpaired) electrons. The van der Waals surface area contributed by atoms with Gasteiger partial charge in [0.25, 0.3) is 0 Å². The Morgan fingerprint density at radius 1 is 1.12 bits per heavy atom. The Morgan fingerprint density at radius 2 is 1.94 bits per heavy atom. The lowest BCUT2D eigenvalue weighted by atomic mass is 10.2. The van der Waals surface area contributed by atoms with Crippen LogP contribution in [0, 0.1) is 0 Å². The van der Waals surface area contributed by atoms with Gasteiger partial charge in [-0.1, -0.05) is 12.1 Å². The topological polar surface area (TPSA) is 64.1 Å². The largest absolute Gasteiger partial charge is 0.506 e. The van der Waals surface area contributed by atoms with Crippen LogP contribution < -0.4 is 5.73 Å². The van der Waals surface area contributed by atoms with Gasteiger partial charge in [-0.25, -0.2) is 4.68 Å². The summed E-state index contributed by atoms with van der Waals surface area (Å²) in [6.07, 6.45) is 1.73. The lowest BCUT2D eigenvalue weighted by Gasteiger charge is -2.05. The summed E-state index contributed by atoms with van der Waals surface area (Å²) in [5.41, 5.74) is 8.00. The number of para-hydroxylation sites is 2. The molecule has 84 valence electrons. The van der Waals surface area contributed by atoms with Crippen molar-refractivity contribution in [1.82, 2.24) is 9.78 Å². The number of benzene rings is 2. The van der Waals surface area contributed by atoms with E-state index in [0.29, 0.717) is 11.4 Å². The Morgan fingerprint density at radius 3 is 2.76 bits per heavy atom. The summed E-state index contributed by atoms with van der Waals surface area (Å²) in [7, 11) is 0. The summed E-state index contributed by atoms with van der Waals surface area (Å²) < 4.78 is 1.70. The quantitative estimate of drug-likeness (QED) is 0.624. The van der Waals surface area contributed by atoms with Crippen LogP contribution >= 0.6 is 0 Å². The molecule has 0 fully saturated rings. The molecule has 0 bridgehead atoms. The highest BCUT2D eigenvalue weighted by Gasteiger charge is 2.07. The number of aromatic nitrogens is 2. The number of anilines is 1. The van der Waals surface area contributed by atoms with Crippen molar-refractivity contribution in [2.75, 3.05) is 5.73 Å². The van der Waals surface area contributed by atoms with E-state index in [2.05, 4.69) is 5.10 Å². The summed E-state index contributed by atoms with van der Waals surface area (Å²) >= 11 is 0. The van der Waals surface area contributed by atoms with E-state index < -0.39 is 0 Å². The molecule has 4 nitrogen and oxygen atoms in total. The number of phenolic OH excluding ortho intramolecular Hbond substituents is 1. The number of nitrogens with zero attached hydrogens (tertiary/aromatic N) is 2. The van der Waals surface area contributed by atoms with Crippen molar-refractivity contribution in [3.63, 3.8) is 0 Å². The fourth-order valence-corrected chi connectivity index (χ4v) is 1.89. The van der Waals surface area contributed by atoms with Crippen LogP contribution in [0.4, 0.5) is 5.69 Å². The van der Waals surface area contributed by atoms with Crippen molar-refractivity contribution in [2.45, 2.75) is 0 Å². The number of hydrogen-bond acceptors (Lipinski definition) is 3. The first-order valence-corrected chi connectivity index (χ1v) is 5.27. The van der Waals surface area contributed by atoms with Crippen molar-refractivity contribution in [1.29, 1.82) is 0 Å². The maximum atomic E-state index is 9.81. The molecule has 2 aromatic carbocycles. The zero-order valence-corrected chi connectivity index (χ0v) is 9.04. The van der Waals surface area contributed by atoms with E-state index in [0.717, 1.165) is 10.9 Å². The molecule has 0 aliphatic heterocycles. The van der Waals surface area contributed by atoms with Crippen molar-refractivity contribution in [2.24, 2.45) is 0 Å². The summed E-state index contributed by atoms with van der Waals surface area (Å²) in [5.74, 6) is 0.203. The first-order valence-electron chi connectivity index (χ1n) is 5.27. The Bertz CT molecular complexity index is 688. The molecule has 0 saturated carbocycles. The van der Waals surface area contributed by atoms with Crippen LogP contribution in [0.2, 0.25) is 0 Å². The van der Waals surface area contributed by atoms with Gasteiger partial charge in [0, 0.05) is 11.1 Å². The third-order valence-electron chi connectivity index (χ3n) is 2.70. The molecule has 0 amide bonds. The standard InChI is InChI=1S/C13H11N3O/c14-10-5-6-11-9(7-10)8-15-16(11)12-3-1-2-4-13(12)17/h1-8,17H,14H2. The predicted molar refractivity (Wildman–Crippen MR) is 67.1 cm³/mol. The van der Waals surface area contributed by atoms with Crippen LogP contribution in [-0.2, 0) is 0 Å². The normalized spacial score (nSPS) is 10.8. The molecule has 1 heterocycles. The third-order valence-corrected chi connectivity index (χ3v) is 2.70. The lowest BCUT2D eigenvalue weighted by Crippen LogP contribution is -1.96. The van der Waals surface area contributed by atoms with Crippen molar-refractivity contribution in [3.05, 3.63) is 48.7 Å². The van der Waals surface area contributed by atoms with Crippen molar-refractivity contribution in [3.8, 4) is 11.4 Å². The highest BCUT2D eigenvalue weighted by molar-refractivity contribution is 5.83. The van der Waals surface area contributed by atoms with Crippen molar-refractivity contribution < 1.29 is 5.11 Å². The molecular weight excluding hydrogens is 214 g/mol. The van der Waals surface area contributed by atoms with E-state index >= 15 is 0 Å². The molecule has 0 saturated heterocycles. The predicted octanol–water partition coefficient (Wildman–Crippen LogP) is 2.31. The second-order valence-corrected chi connectivity index (χ2v) is 3.86. The zero-order valence-electron chi connectivity index (χ0n) is 9.04.